The zero-order valence-corrected chi connectivity index (χ0v) is 16.9. The standard InChI is InChI=1S/C22H35NO3/c1-14(2)23(12-16-8-9-16)13-18-17-10-7-15(3)6-5-11-22(4)20(26-22)19(17)25-21(18)24/h6,14,16-20H,5,7-13H2,1-4H3/b15-6+/t17-,18-,19-,20+,22+/m0/s1. The minimum absolute atomic E-state index is 0.00169. The van der Waals surface area contributed by atoms with Crippen LogP contribution in [0, 0.1) is 17.8 Å². The number of hydrogen-bond acceptors (Lipinski definition) is 4. The van der Waals surface area contributed by atoms with Crippen LogP contribution in [0.1, 0.15) is 66.2 Å². The summed E-state index contributed by atoms with van der Waals surface area (Å²) in [6.07, 6.45) is 9.32. The van der Waals surface area contributed by atoms with Gasteiger partial charge in [-0.1, -0.05) is 11.6 Å². The van der Waals surface area contributed by atoms with Crippen molar-refractivity contribution in [3.05, 3.63) is 11.6 Å². The number of ether oxygens (including phenoxy) is 2. The quantitative estimate of drug-likeness (QED) is 0.422. The number of nitrogens with zero attached hydrogens (tertiary/aromatic N) is 1. The summed E-state index contributed by atoms with van der Waals surface area (Å²) in [5, 5.41) is 0. The number of hydrogen-bond donors (Lipinski definition) is 0. The molecule has 4 rings (SSSR count). The van der Waals surface area contributed by atoms with E-state index in [0.717, 1.165) is 44.7 Å². The van der Waals surface area contributed by atoms with E-state index in [9.17, 15) is 4.79 Å². The highest BCUT2D eigenvalue weighted by Gasteiger charge is 2.62. The largest absolute Gasteiger partial charge is 0.459 e. The number of carbonyl (C=O) groups is 1. The van der Waals surface area contributed by atoms with Crippen molar-refractivity contribution in [2.75, 3.05) is 13.1 Å². The number of fused-ring (bicyclic) bond motifs is 3. The topological polar surface area (TPSA) is 42.1 Å². The van der Waals surface area contributed by atoms with E-state index in [0.29, 0.717) is 6.04 Å². The Balaban J connectivity index is 1.52. The van der Waals surface area contributed by atoms with E-state index >= 15 is 0 Å². The monoisotopic (exact) mass is 361 g/mol. The van der Waals surface area contributed by atoms with Gasteiger partial charge in [-0.25, -0.2) is 0 Å². The van der Waals surface area contributed by atoms with Crippen LogP contribution in [0.25, 0.3) is 0 Å². The maximum absolute atomic E-state index is 12.8. The third kappa shape index (κ3) is 3.73. The van der Waals surface area contributed by atoms with Crippen molar-refractivity contribution in [3.63, 3.8) is 0 Å². The molecule has 2 aliphatic heterocycles. The van der Waals surface area contributed by atoms with Gasteiger partial charge in [0.1, 0.15) is 12.2 Å². The van der Waals surface area contributed by atoms with Gasteiger partial charge in [0.15, 0.2) is 0 Å². The first-order valence-corrected chi connectivity index (χ1v) is 10.7. The molecule has 0 bridgehead atoms. The molecule has 3 fully saturated rings. The molecule has 0 aromatic rings. The van der Waals surface area contributed by atoms with E-state index in [4.69, 9.17) is 9.47 Å². The van der Waals surface area contributed by atoms with Crippen molar-refractivity contribution in [1.82, 2.24) is 4.90 Å². The number of esters is 1. The number of rotatable bonds is 5. The van der Waals surface area contributed by atoms with Gasteiger partial charge in [0.25, 0.3) is 0 Å². The summed E-state index contributed by atoms with van der Waals surface area (Å²) in [6.45, 7) is 10.9. The van der Waals surface area contributed by atoms with Crippen molar-refractivity contribution in [1.29, 1.82) is 0 Å². The highest BCUT2D eigenvalue weighted by atomic mass is 16.6. The van der Waals surface area contributed by atoms with E-state index < -0.39 is 0 Å². The third-order valence-corrected chi connectivity index (χ3v) is 7.09. The van der Waals surface area contributed by atoms with E-state index in [1.165, 1.54) is 18.4 Å². The molecule has 0 radical (unpaired) electrons. The molecule has 26 heavy (non-hydrogen) atoms. The summed E-state index contributed by atoms with van der Waals surface area (Å²) in [4.78, 5) is 15.3. The first-order valence-electron chi connectivity index (χ1n) is 10.7. The normalized spacial score (nSPS) is 42.1. The fraction of sp³-hybridized carbons (Fsp3) is 0.864. The highest BCUT2D eigenvalue weighted by Crippen LogP contribution is 2.50. The number of carbonyl (C=O) groups excluding carboxylic acids is 1. The molecule has 2 saturated heterocycles. The van der Waals surface area contributed by atoms with Crippen molar-refractivity contribution < 1.29 is 14.3 Å². The van der Waals surface area contributed by atoms with Gasteiger partial charge in [0, 0.05) is 25.0 Å². The minimum atomic E-state index is -0.0993. The van der Waals surface area contributed by atoms with Gasteiger partial charge in [-0.15, -0.1) is 0 Å². The summed E-state index contributed by atoms with van der Waals surface area (Å²) in [5.41, 5.74) is 1.35. The first-order chi connectivity index (χ1) is 12.4. The van der Waals surface area contributed by atoms with E-state index in [1.807, 2.05) is 0 Å². The summed E-state index contributed by atoms with van der Waals surface area (Å²) in [6, 6.07) is 0.478. The van der Waals surface area contributed by atoms with Gasteiger partial charge in [0.2, 0.25) is 0 Å². The Hall–Kier alpha value is -0.870. The van der Waals surface area contributed by atoms with E-state index in [1.54, 1.807) is 0 Å². The number of allylic oxidation sites excluding steroid dienone is 2. The molecule has 146 valence electrons. The van der Waals surface area contributed by atoms with E-state index in [-0.39, 0.29) is 35.6 Å². The maximum atomic E-state index is 12.8. The minimum Gasteiger partial charge on any atom is -0.459 e. The van der Waals surface area contributed by atoms with Crippen molar-refractivity contribution in [2.24, 2.45) is 17.8 Å². The lowest BCUT2D eigenvalue weighted by molar-refractivity contribution is -0.145. The summed E-state index contributed by atoms with van der Waals surface area (Å²) >= 11 is 0. The lowest BCUT2D eigenvalue weighted by Gasteiger charge is -2.30. The molecule has 0 aromatic carbocycles. The van der Waals surface area contributed by atoms with Crippen LogP contribution in [0.3, 0.4) is 0 Å². The van der Waals surface area contributed by atoms with Crippen molar-refractivity contribution in [2.45, 2.75) is 90.1 Å². The molecule has 2 heterocycles. The average molecular weight is 362 g/mol. The van der Waals surface area contributed by atoms with Gasteiger partial charge >= 0.3 is 5.97 Å². The van der Waals surface area contributed by atoms with Crippen LogP contribution in [0.2, 0.25) is 0 Å². The van der Waals surface area contributed by atoms with Crippen molar-refractivity contribution in [3.8, 4) is 0 Å². The Morgan fingerprint density at radius 3 is 2.73 bits per heavy atom. The van der Waals surface area contributed by atoms with Crippen LogP contribution in [0.4, 0.5) is 0 Å². The smallest absolute Gasteiger partial charge is 0.311 e. The van der Waals surface area contributed by atoms with Crippen molar-refractivity contribution >= 4 is 5.97 Å². The van der Waals surface area contributed by atoms with Crippen LogP contribution in [0.15, 0.2) is 11.6 Å². The van der Waals surface area contributed by atoms with Gasteiger partial charge in [0.05, 0.1) is 11.5 Å². The Bertz CT molecular complexity index is 582. The molecule has 2 aliphatic carbocycles. The van der Waals surface area contributed by atoms with Crippen LogP contribution in [0.5, 0.6) is 0 Å². The summed E-state index contributed by atoms with van der Waals surface area (Å²) < 4.78 is 12.0. The zero-order chi connectivity index (χ0) is 18.5. The highest BCUT2D eigenvalue weighted by molar-refractivity contribution is 5.75. The molecule has 0 amide bonds. The van der Waals surface area contributed by atoms with Crippen LogP contribution >= 0.6 is 0 Å². The summed E-state index contributed by atoms with van der Waals surface area (Å²) in [5.74, 6) is 1.15. The Morgan fingerprint density at radius 1 is 1.27 bits per heavy atom. The van der Waals surface area contributed by atoms with Crippen LogP contribution in [-0.4, -0.2) is 47.8 Å². The van der Waals surface area contributed by atoms with Gasteiger partial charge in [-0.3, -0.25) is 9.69 Å². The van der Waals surface area contributed by atoms with Crippen LogP contribution < -0.4 is 0 Å². The second-order valence-corrected chi connectivity index (χ2v) is 9.64. The average Bonchev–Trinajstić information content (AvgIpc) is 3.47. The molecule has 4 heteroatoms. The Labute approximate surface area is 158 Å². The third-order valence-electron chi connectivity index (χ3n) is 7.09. The molecule has 5 atom stereocenters. The Kier molecular flexibility index (Phi) is 4.94. The second kappa shape index (κ2) is 6.94. The zero-order valence-electron chi connectivity index (χ0n) is 16.9. The predicted octanol–water partition coefficient (Wildman–Crippen LogP) is 3.94. The molecule has 4 nitrogen and oxygen atoms in total. The molecule has 1 saturated carbocycles. The molecular formula is C22H35NO3. The summed E-state index contributed by atoms with van der Waals surface area (Å²) in [7, 11) is 0. The fourth-order valence-electron chi connectivity index (χ4n) is 4.93. The lowest BCUT2D eigenvalue weighted by Crippen LogP contribution is -2.41. The SMILES string of the molecule is C/C1=C\CC[C@@]2(C)O[C@@H]2[C@H]2OC(=O)[C@@H](CN(CC3CC3)C(C)C)[C@@H]2CC1. The molecule has 0 N–H and O–H groups in total. The fourth-order valence-corrected chi connectivity index (χ4v) is 4.93. The van der Waals surface area contributed by atoms with E-state index in [2.05, 4.69) is 38.7 Å². The second-order valence-electron chi connectivity index (χ2n) is 9.64. The van der Waals surface area contributed by atoms with Crippen LogP contribution in [-0.2, 0) is 14.3 Å². The number of epoxide rings is 1. The molecule has 0 aromatic heterocycles. The maximum Gasteiger partial charge on any atom is 0.311 e. The molecule has 4 aliphatic rings. The molecule has 0 unspecified atom stereocenters. The predicted molar refractivity (Wildman–Crippen MR) is 102 cm³/mol. The Morgan fingerprint density at radius 2 is 2.04 bits per heavy atom. The molecular weight excluding hydrogens is 326 g/mol. The van der Waals surface area contributed by atoms with Gasteiger partial charge < -0.3 is 9.47 Å². The molecule has 0 spiro atoms. The van der Waals surface area contributed by atoms with Gasteiger partial charge in [-0.05, 0) is 72.1 Å². The lowest BCUT2D eigenvalue weighted by atomic mass is 9.80. The first kappa shape index (κ1) is 18.5. The van der Waals surface area contributed by atoms with Gasteiger partial charge in [-0.2, -0.15) is 0 Å².